The first-order valence-corrected chi connectivity index (χ1v) is 27.4. The molecule has 0 aliphatic rings. The summed E-state index contributed by atoms with van der Waals surface area (Å²) in [5.41, 5.74) is 0. The van der Waals surface area contributed by atoms with Crippen molar-refractivity contribution >= 4 is 17.9 Å². The van der Waals surface area contributed by atoms with Crippen LogP contribution in [-0.4, -0.2) is 37.2 Å². The van der Waals surface area contributed by atoms with Gasteiger partial charge in [0.25, 0.3) is 0 Å². The van der Waals surface area contributed by atoms with Crippen LogP contribution in [0.3, 0.4) is 0 Å². The molecular formula is C58H102O6. The molecule has 6 heteroatoms. The van der Waals surface area contributed by atoms with Gasteiger partial charge in [0, 0.05) is 19.3 Å². The number of rotatable bonds is 49. The predicted octanol–water partition coefficient (Wildman–Crippen LogP) is 18.0. The molecule has 0 saturated carbocycles. The molecule has 0 heterocycles. The zero-order valence-corrected chi connectivity index (χ0v) is 42.3. The monoisotopic (exact) mass is 895 g/mol. The quantitative estimate of drug-likeness (QED) is 0.0262. The molecule has 1 atom stereocenters. The van der Waals surface area contributed by atoms with Gasteiger partial charge in [0.2, 0.25) is 0 Å². The van der Waals surface area contributed by atoms with Crippen LogP contribution in [-0.2, 0) is 28.6 Å². The Hall–Kier alpha value is -2.89. The summed E-state index contributed by atoms with van der Waals surface area (Å²) in [6.45, 7) is 6.55. The van der Waals surface area contributed by atoms with Crippen LogP contribution in [0, 0.1) is 0 Å². The molecule has 0 amide bonds. The lowest BCUT2D eigenvalue weighted by molar-refractivity contribution is -0.167. The summed E-state index contributed by atoms with van der Waals surface area (Å²) in [6.07, 6.45) is 64.8. The summed E-state index contributed by atoms with van der Waals surface area (Å²) in [5.74, 6) is -0.893. The van der Waals surface area contributed by atoms with E-state index in [0.29, 0.717) is 19.3 Å². The topological polar surface area (TPSA) is 78.9 Å². The molecule has 0 aliphatic carbocycles. The summed E-state index contributed by atoms with van der Waals surface area (Å²) in [7, 11) is 0. The molecule has 0 radical (unpaired) electrons. The van der Waals surface area contributed by atoms with Gasteiger partial charge in [0.15, 0.2) is 6.10 Å². The Bertz CT molecular complexity index is 1170. The second-order valence-electron chi connectivity index (χ2n) is 18.3. The van der Waals surface area contributed by atoms with Crippen molar-refractivity contribution in [1.29, 1.82) is 0 Å². The van der Waals surface area contributed by atoms with Crippen LogP contribution >= 0.6 is 0 Å². The lowest BCUT2D eigenvalue weighted by Crippen LogP contribution is -2.30. The third-order valence-corrected chi connectivity index (χ3v) is 11.9. The number of allylic oxidation sites excluding steroid dienone is 10. The number of hydrogen-bond acceptors (Lipinski definition) is 6. The van der Waals surface area contributed by atoms with E-state index >= 15 is 0 Å². The second-order valence-corrected chi connectivity index (χ2v) is 18.3. The number of carbonyl (C=O) groups excluding carboxylic acids is 3. The zero-order chi connectivity index (χ0) is 46.5. The Kier molecular flexibility index (Phi) is 50.4. The molecule has 0 saturated heterocycles. The van der Waals surface area contributed by atoms with Crippen molar-refractivity contribution in [2.75, 3.05) is 13.2 Å². The molecule has 0 aromatic heterocycles. The van der Waals surface area contributed by atoms with Crippen LogP contribution in [0.4, 0.5) is 0 Å². The van der Waals surface area contributed by atoms with E-state index in [0.717, 1.165) is 83.5 Å². The standard InChI is InChI=1S/C58H102O6/c1-4-7-10-13-16-19-22-25-27-28-29-31-33-36-39-42-45-48-51-57(60)63-54-55(53-62-56(59)50-47-44-41-38-35-32-24-21-18-15-12-9-6-3)64-58(61)52-49-46-43-40-37-34-30-26-23-20-17-14-11-8-5-2/h10,13,16,19,22,25,27-29,31,55H,4-9,11-12,14-15,17-18,20-21,23-24,26,30,32-54H2,1-3H3/b13-10-,19-16-,25-22-,28-27-,31-29-. The molecular weight excluding hydrogens is 793 g/mol. The molecule has 64 heavy (non-hydrogen) atoms. The van der Waals surface area contributed by atoms with Crippen molar-refractivity contribution in [2.45, 2.75) is 277 Å². The van der Waals surface area contributed by atoms with Gasteiger partial charge in [0.05, 0.1) is 0 Å². The molecule has 0 aliphatic heterocycles. The van der Waals surface area contributed by atoms with Crippen LogP contribution < -0.4 is 0 Å². The minimum absolute atomic E-state index is 0.0789. The van der Waals surface area contributed by atoms with E-state index in [1.54, 1.807) is 0 Å². The maximum atomic E-state index is 12.8. The maximum Gasteiger partial charge on any atom is 0.306 e. The van der Waals surface area contributed by atoms with Crippen LogP contribution in [0.25, 0.3) is 0 Å². The van der Waals surface area contributed by atoms with Gasteiger partial charge in [-0.15, -0.1) is 0 Å². The van der Waals surface area contributed by atoms with E-state index in [2.05, 4.69) is 57.2 Å². The maximum absolute atomic E-state index is 12.8. The summed E-state index contributed by atoms with van der Waals surface area (Å²) >= 11 is 0. The van der Waals surface area contributed by atoms with Crippen LogP contribution in [0.15, 0.2) is 60.8 Å². The van der Waals surface area contributed by atoms with E-state index in [4.69, 9.17) is 14.2 Å². The number of esters is 3. The molecule has 6 nitrogen and oxygen atoms in total. The van der Waals surface area contributed by atoms with E-state index in [-0.39, 0.29) is 31.1 Å². The van der Waals surface area contributed by atoms with Crippen molar-refractivity contribution in [3.8, 4) is 0 Å². The molecule has 0 N–H and O–H groups in total. The molecule has 0 spiro atoms. The van der Waals surface area contributed by atoms with Crippen molar-refractivity contribution in [1.82, 2.24) is 0 Å². The normalized spacial score (nSPS) is 12.5. The third-order valence-electron chi connectivity index (χ3n) is 11.9. The van der Waals surface area contributed by atoms with Crippen molar-refractivity contribution < 1.29 is 28.6 Å². The van der Waals surface area contributed by atoms with Crippen LogP contribution in [0.5, 0.6) is 0 Å². The van der Waals surface area contributed by atoms with Crippen molar-refractivity contribution in [2.24, 2.45) is 0 Å². The summed E-state index contributed by atoms with van der Waals surface area (Å²) in [6, 6.07) is 0. The van der Waals surface area contributed by atoms with Gasteiger partial charge in [-0.3, -0.25) is 14.4 Å². The SMILES string of the molecule is CCC\C=C/C=C\C=C/C=C\C=C/CCCCCCCC(=O)OCC(COC(=O)CCCCCCCCCCCCCCC)OC(=O)CCCCCCCCCCCCCCCCC. The van der Waals surface area contributed by atoms with Crippen LogP contribution in [0.1, 0.15) is 271 Å². The number of unbranched alkanes of at least 4 members (excludes halogenated alkanes) is 32. The smallest absolute Gasteiger partial charge is 0.306 e. The highest BCUT2D eigenvalue weighted by Gasteiger charge is 2.19. The number of carbonyl (C=O) groups is 3. The first kappa shape index (κ1) is 61.1. The molecule has 0 aromatic carbocycles. The Morgan fingerprint density at radius 2 is 0.594 bits per heavy atom. The zero-order valence-electron chi connectivity index (χ0n) is 42.3. The van der Waals surface area contributed by atoms with Crippen molar-refractivity contribution in [3.63, 3.8) is 0 Å². The molecule has 0 rings (SSSR count). The van der Waals surface area contributed by atoms with Gasteiger partial charge in [-0.1, -0.05) is 274 Å². The second kappa shape index (κ2) is 52.7. The molecule has 0 aromatic rings. The van der Waals surface area contributed by atoms with E-state index < -0.39 is 6.10 Å². The summed E-state index contributed by atoms with van der Waals surface area (Å²) < 4.78 is 16.8. The van der Waals surface area contributed by atoms with E-state index in [9.17, 15) is 14.4 Å². The Morgan fingerprint density at radius 1 is 0.312 bits per heavy atom. The fourth-order valence-corrected chi connectivity index (χ4v) is 7.77. The van der Waals surface area contributed by atoms with Gasteiger partial charge >= 0.3 is 17.9 Å². The lowest BCUT2D eigenvalue weighted by atomic mass is 10.0. The van der Waals surface area contributed by atoms with Gasteiger partial charge in [0.1, 0.15) is 13.2 Å². The Balaban J connectivity index is 4.41. The Labute approximate surface area is 396 Å². The van der Waals surface area contributed by atoms with Gasteiger partial charge in [-0.2, -0.15) is 0 Å². The molecule has 1 unspecified atom stereocenters. The third kappa shape index (κ3) is 50.1. The highest BCUT2D eigenvalue weighted by Crippen LogP contribution is 2.16. The first-order chi connectivity index (χ1) is 31.5. The predicted molar refractivity (Wildman–Crippen MR) is 275 cm³/mol. The first-order valence-electron chi connectivity index (χ1n) is 27.4. The average molecular weight is 895 g/mol. The van der Waals surface area contributed by atoms with Crippen molar-refractivity contribution in [3.05, 3.63) is 60.8 Å². The summed E-state index contributed by atoms with van der Waals surface area (Å²) in [4.78, 5) is 38.1. The largest absolute Gasteiger partial charge is 0.462 e. The number of hydrogen-bond donors (Lipinski definition) is 0. The lowest BCUT2D eigenvalue weighted by Gasteiger charge is -2.18. The van der Waals surface area contributed by atoms with Gasteiger partial charge in [-0.25, -0.2) is 0 Å². The van der Waals surface area contributed by atoms with E-state index in [1.165, 1.54) is 148 Å². The van der Waals surface area contributed by atoms with Gasteiger partial charge in [-0.05, 0) is 38.5 Å². The molecule has 0 fully saturated rings. The summed E-state index contributed by atoms with van der Waals surface area (Å²) in [5, 5.41) is 0. The molecule has 0 bridgehead atoms. The van der Waals surface area contributed by atoms with E-state index in [1.807, 2.05) is 24.3 Å². The minimum atomic E-state index is -0.781. The number of ether oxygens (including phenoxy) is 3. The molecule has 370 valence electrons. The van der Waals surface area contributed by atoms with Gasteiger partial charge < -0.3 is 14.2 Å². The highest BCUT2D eigenvalue weighted by molar-refractivity contribution is 5.71. The Morgan fingerprint density at radius 3 is 0.938 bits per heavy atom. The minimum Gasteiger partial charge on any atom is -0.462 e. The van der Waals surface area contributed by atoms with Crippen LogP contribution in [0.2, 0.25) is 0 Å². The fraction of sp³-hybridized carbons (Fsp3) is 0.776. The highest BCUT2D eigenvalue weighted by atomic mass is 16.6. The fourth-order valence-electron chi connectivity index (χ4n) is 7.77. The average Bonchev–Trinajstić information content (AvgIpc) is 3.29.